The van der Waals surface area contributed by atoms with Crippen LogP contribution in [0.2, 0.25) is 5.02 Å². The van der Waals surface area contributed by atoms with Crippen molar-refractivity contribution in [3.05, 3.63) is 69.7 Å². The summed E-state index contributed by atoms with van der Waals surface area (Å²) < 4.78 is 0. The molecule has 0 aromatic heterocycles. The summed E-state index contributed by atoms with van der Waals surface area (Å²) in [5.74, 6) is 0.160. The highest BCUT2D eigenvalue weighted by molar-refractivity contribution is 6.31. The standard InChI is InChI=1S/C24H27ClN4/c1-16(19-6-5-7-20(13-19)24(3)10-11-24)28-23(14-26)29-17(2)21-12-18(15-27-4)8-9-22(21)25/h5-9,12-13,17,27H,10-11,15H2,1-4H3. The van der Waals surface area contributed by atoms with Gasteiger partial charge >= 0.3 is 0 Å². The van der Waals surface area contributed by atoms with Gasteiger partial charge in [-0.2, -0.15) is 5.26 Å². The number of halogens is 1. The van der Waals surface area contributed by atoms with E-state index in [0.29, 0.717) is 10.4 Å². The van der Waals surface area contributed by atoms with Crippen molar-refractivity contribution < 1.29 is 0 Å². The van der Waals surface area contributed by atoms with Crippen LogP contribution < -0.4 is 5.32 Å². The molecular weight excluding hydrogens is 380 g/mol. The number of nitriles is 1. The fourth-order valence-corrected chi connectivity index (χ4v) is 3.66. The lowest BCUT2D eigenvalue weighted by molar-refractivity contribution is 0.787. The Labute approximate surface area is 178 Å². The molecule has 150 valence electrons. The Kier molecular flexibility index (Phi) is 6.52. The molecular formula is C24H27ClN4. The predicted molar refractivity (Wildman–Crippen MR) is 121 cm³/mol. The van der Waals surface area contributed by atoms with Crippen LogP contribution in [0.25, 0.3) is 0 Å². The number of nitrogens with one attached hydrogen (secondary N) is 1. The van der Waals surface area contributed by atoms with Crippen LogP contribution in [0.15, 0.2) is 52.4 Å². The highest BCUT2D eigenvalue weighted by atomic mass is 35.5. The Morgan fingerprint density at radius 3 is 2.69 bits per heavy atom. The highest BCUT2D eigenvalue weighted by Gasteiger charge is 2.38. The van der Waals surface area contributed by atoms with Crippen LogP contribution in [-0.2, 0) is 12.0 Å². The maximum Gasteiger partial charge on any atom is 0.228 e. The molecule has 0 radical (unpaired) electrons. The minimum atomic E-state index is -0.262. The van der Waals surface area contributed by atoms with Gasteiger partial charge in [-0.3, -0.25) is 0 Å². The summed E-state index contributed by atoms with van der Waals surface area (Å²) in [6.07, 6.45) is 2.45. The molecule has 0 aliphatic heterocycles. The third-order valence-corrected chi connectivity index (χ3v) is 5.90. The zero-order valence-electron chi connectivity index (χ0n) is 17.5. The van der Waals surface area contributed by atoms with Crippen molar-refractivity contribution >= 4 is 23.1 Å². The summed E-state index contributed by atoms with van der Waals surface area (Å²) in [5, 5.41) is 13.4. The number of hydrogen-bond acceptors (Lipinski definition) is 3. The lowest BCUT2D eigenvalue weighted by Crippen LogP contribution is -2.07. The van der Waals surface area contributed by atoms with Gasteiger partial charge in [0.25, 0.3) is 0 Å². The lowest BCUT2D eigenvalue weighted by Gasteiger charge is -2.12. The molecule has 1 aliphatic rings. The number of benzene rings is 2. The van der Waals surface area contributed by atoms with Crippen molar-refractivity contribution in [2.75, 3.05) is 7.05 Å². The molecule has 1 fully saturated rings. The lowest BCUT2D eigenvalue weighted by atomic mass is 9.95. The van der Waals surface area contributed by atoms with Crippen LogP contribution in [0.4, 0.5) is 0 Å². The van der Waals surface area contributed by atoms with Gasteiger partial charge in [-0.15, -0.1) is 0 Å². The van der Waals surface area contributed by atoms with E-state index in [2.05, 4.69) is 46.5 Å². The fourth-order valence-electron chi connectivity index (χ4n) is 3.38. The molecule has 2 aromatic rings. The van der Waals surface area contributed by atoms with Crippen molar-refractivity contribution in [2.24, 2.45) is 9.98 Å². The molecule has 5 heteroatoms. The molecule has 0 saturated heterocycles. The van der Waals surface area contributed by atoms with Crippen LogP contribution >= 0.6 is 11.6 Å². The molecule has 1 saturated carbocycles. The van der Waals surface area contributed by atoms with Gasteiger partial charge in [0, 0.05) is 17.3 Å². The molecule has 1 aliphatic carbocycles. The molecule has 3 rings (SSSR count). The summed E-state index contributed by atoms with van der Waals surface area (Å²) in [5.41, 5.74) is 5.47. The predicted octanol–water partition coefficient (Wildman–Crippen LogP) is 5.60. The molecule has 0 amide bonds. The maximum atomic E-state index is 9.59. The van der Waals surface area contributed by atoms with Gasteiger partial charge in [-0.1, -0.05) is 48.9 Å². The summed E-state index contributed by atoms with van der Waals surface area (Å²) in [6, 6.07) is 16.2. The van der Waals surface area contributed by atoms with Gasteiger partial charge in [0.1, 0.15) is 6.07 Å². The Hall–Kier alpha value is -2.48. The second-order valence-corrected chi connectivity index (χ2v) is 8.37. The van der Waals surface area contributed by atoms with Crippen LogP contribution in [0, 0.1) is 11.3 Å². The van der Waals surface area contributed by atoms with E-state index >= 15 is 0 Å². The van der Waals surface area contributed by atoms with Crippen molar-refractivity contribution in [3.63, 3.8) is 0 Å². The molecule has 2 aromatic carbocycles. The Bertz CT molecular complexity index is 996. The third-order valence-electron chi connectivity index (χ3n) is 5.56. The first-order chi connectivity index (χ1) is 13.9. The molecule has 4 nitrogen and oxygen atoms in total. The van der Waals surface area contributed by atoms with Gasteiger partial charge in [-0.25, -0.2) is 9.98 Å². The third kappa shape index (κ3) is 5.12. The first-order valence-corrected chi connectivity index (χ1v) is 10.3. The van der Waals surface area contributed by atoms with Crippen LogP contribution in [-0.4, -0.2) is 18.6 Å². The number of nitrogens with zero attached hydrogens (tertiary/aromatic N) is 3. The number of aliphatic imine (C=N–C) groups is 2. The van der Waals surface area contributed by atoms with Gasteiger partial charge in [-0.05, 0) is 73.5 Å². The average Bonchev–Trinajstić information content (AvgIpc) is 3.47. The van der Waals surface area contributed by atoms with E-state index in [1.807, 2.05) is 45.2 Å². The average molecular weight is 407 g/mol. The smallest absolute Gasteiger partial charge is 0.228 e. The molecule has 0 heterocycles. The monoisotopic (exact) mass is 406 g/mol. The van der Waals surface area contributed by atoms with E-state index in [-0.39, 0.29) is 11.9 Å². The molecule has 29 heavy (non-hydrogen) atoms. The minimum absolute atomic E-state index is 0.160. The molecule has 0 bridgehead atoms. The van der Waals surface area contributed by atoms with E-state index < -0.39 is 0 Å². The number of amidine groups is 1. The van der Waals surface area contributed by atoms with E-state index in [1.165, 1.54) is 18.4 Å². The molecule has 1 unspecified atom stereocenters. The van der Waals surface area contributed by atoms with Gasteiger partial charge in [0.05, 0.1) is 6.04 Å². The van der Waals surface area contributed by atoms with Crippen LogP contribution in [0.5, 0.6) is 0 Å². The normalized spacial score (nSPS) is 17.0. The van der Waals surface area contributed by atoms with E-state index in [1.54, 1.807) is 0 Å². The SMILES string of the molecule is CNCc1ccc(Cl)c(C(C)N=C(C#N)N=C(C)c2cccc(C3(C)CC3)c2)c1. The topological polar surface area (TPSA) is 60.5 Å². The largest absolute Gasteiger partial charge is 0.316 e. The van der Waals surface area contributed by atoms with Gasteiger partial charge in [0.2, 0.25) is 5.84 Å². The maximum absolute atomic E-state index is 9.59. The number of hydrogen-bond donors (Lipinski definition) is 1. The van der Waals surface area contributed by atoms with E-state index in [4.69, 9.17) is 11.6 Å². The van der Waals surface area contributed by atoms with Crippen LogP contribution in [0.3, 0.4) is 0 Å². The van der Waals surface area contributed by atoms with E-state index in [9.17, 15) is 5.26 Å². The number of rotatable bonds is 6. The Morgan fingerprint density at radius 1 is 1.28 bits per heavy atom. The first kappa shape index (κ1) is 21.2. The minimum Gasteiger partial charge on any atom is -0.316 e. The quantitative estimate of drug-likeness (QED) is 0.501. The highest BCUT2D eigenvalue weighted by Crippen LogP contribution is 2.47. The molecule has 0 spiro atoms. The molecule has 1 N–H and O–H groups in total. The van der Waals surface area contributed by atoms with Gasteiger partial charge < -0.3 is 5.32 Å². The van der Waals surface area contributed by atoms with Crippen molar-refractivity contribution in [1.29, 1.82) is 5.26 Å². The van der Waals surface area contributed by atoms with Crippen molar-refractivity contribution in [2.45, 2.75) is 51.6 Å². The van der Waals surface area contributed by atoms with E-state index in [0.717, 1.165) is 28.9 Å². The molecule has 1 atom stereocenters. The Balaban J connectivity index is 1.86. The fraction of sp³-hybridized carbons (Fsp3) is 0.375. The van der Waals surface area contributed by atoms with Gasteiger partial charge in [0.15, 0.2) is 0 Å². The van der Waals surface area contributed by atoms with Crippen molar-refractivity contribution in [1.82, 2.24) is 5.32 Å². The second kappa shape index (κ2) is 8.90. The summed E-state index contributed by atoms with van der Waals surface area (Å²) in [7, 11) is 1.90. The summed E-state index contributed by atoms with van der Waals surface area (Å²) >= 11 is 6.38. The first-order valence-electron chi connectivity index (χ1n) is 9.93. The van der Waals surface area contributed by atoms with Crippen molar-refractivity contribution in [3.8, 4) is 6.07 Å². The zero-order valence-corrected chi connectivity index (χ0v) is 18.2. The zero-order chi connectivity index (χ0) is 21.0. The second-order valence-electron chi connectivity index (χ2n) is 7.97. The van der Waals surface area contributed by atoms with Crippen LogP contribution in [0.1, 0.15) is 61.9 Å². The Morgan fingerprint density at radius 2 is 2.03 bits per heavy atom. The summed E-state index contributed by atoms with van der Waals surface area (Å²) in [4.78, 5) is 9.05. The summed E-state index contributed by atoms with van der Waals surface area (Å²) in [6.45, 7) is 6.89.